The van der Waals surface area contributed by atoms with Gasteiger partial charge in [0.1, 0.15) is 0 Å². The largest absolute Gasteiger partial charge is 0.351 e. The van der Waals surface area contributed by atoms with Crippen molar-refractivity contribution in [2.45, 2.75) is 18.4 Å². The highest BCUT2D eigenvalue weighted by Crippen LogP contribution is 2.43. The molecule has 1 fully saturated rings. The average molecular weight is 217 g/mol. The molecule has 0 bridgehead atoms. The zero-order valence-electron chi connectivity index (χ0n) is 9.02. The summed E-state index contributed by atoms with van der Waals surface area (Å²) in [4.78, 5) is 13.3. The van der Waals surface area contributed by atoms with Crippen LogP contribution in [-0.4, -0.2) is 25.2 Å². The number of carbonyl (C=O) groups excluding carboxylic acids is 1. The minimum Gasteiger partial charge on any atom is -0.351 e. The predicted octanol–water partition coefficient (Wildman–Crippen LogP) is 1.03. The number of para-hydroxylation sites is 1. The topological polar surface area (TPSA) is 58.4 Å². The highest BCUT2D eigenvalue weighted by Gasteiger charge is 2.41. The summed E-state index contributed by atoms with van der Waals surface area (Å²) >= 11 is 0. The lowest BCUT2D eigenvalue weighted by Crippen LogP contribution is -2.50. The molecule has 0 aliphatic carbocycles. The second-order valence-electron chi connectivity index (χ2n) is 4.43. The standard InChI is InChI=1S/C12H15N3O/c13-12(16)15-10-4-2-1-3-8(10)9-5-6-14-7-11(9)15/h1-4,9,11,14H,5-7H2,(H2,13,16). The Kier molecular flexibility index (Phi) is 2.11. The van der Waals surface area contributed by atoms with E-state index in [1.807, 2.05) is 18.2 Å². The van der Waals surface area contributed by atoms with Crippen LogP contribution >= 0.6 is 0 Å². The summed E-state index contributed by atoms with van der Waals surface area (Å²) in [7, 11) is 0. The second kappa shape index (κ2) is 3.49. The Bertz CT molecular complexity index is 432. The first-order valence-electron chi connectivity index (χ1n) is 5.67. The van der Waals surface area contributed by atoms with Crippen LogP contribution in [0.15, 0.2) is 24.3 Å². The highest BCUT2D eigenvalue weighted by molar-refractivity contribution is 5.94. The third kappa shape index (κ3) is 1.23. The average Bonchev–Trinajstić information content (AvgIpc) is 2.63. The Balaban J connectivity index is 2.09. The number of hydrogen-bond donors (Lipinski definition) is 2. The van der Waals surface area contributed by atoms with Crippen LogP contribution < -0.4 is 16.0 Å². The first kappa shape index (κ1) is 9.66. The third-order valence-electron chi connectivity index (χ3n) is 3.61. The van der Waals surface area contributed by atoms with Gasteiger partial charge >= 0.3 is 6.03 Å². The van der Waals surface area contributed by atoms with E-state index in [1.54, 1.807) is 4.90 Å². The molecule has 2 aliphatic heterocycles. The van der Waals surface area contributed by atoms with Crippen LogP contribution in [0.2, 0.25) is 0 Å². The zero-order chi connectivity index (χ0) is 11.1. The maximum absolute atomic E-state index is 11.5. The third-order valence-corrected chi connectivity index (χ3v) is 3.61. The molecule has 1 saturated heterocycles. The van der Waals surface area contributed by atoms with Gasteiger partial charge in [0, 0.05) is 18.2 Å². The summed E-state index contributed by atoms with van der Waals surface area (Å²) in [6, 6.07) is 7.94. The van der Waals surface area contributed by atoms with Crippen LogP contribution in [0.4, 0.5) is 10.5 Å². The normalized spacial score (nSPS) is 27.4. The van der Waals surface area contributed by atoms with Crippen molar-refractivity contribution in [2.24, 2.45) is 5.73 Å². The summed E-state index contributed by atoms with van der Waals surface area (Å²) in [6.07, 6.45) is 1.07. The molecule has 2 amide bonds. The molecule has 3 N–H and O–H groups in total. The first-order valence-corrected chi connectivity index (χ1v) is 5.67. The molecule has 0 saturated carbocycles. The van der Waals surface area contributed by atoms with Crippen molar-refractivity contribution in [3.8, 4) is 0 Å². The number of benzene rings is 1. The Morgan fingerprint density at radius 1 is 1.44 bits per heavy atom. The second-order valence-corrected chi connectivity index (χ2v) is 4.43. The van der Waals surface area contributed by atoms with E-state index in [1.165, 1.54) is 5.56 Å². The summed E-state index contributed by atoms with van der Waals surface area (Å²) in [5.41, 5.74) is 7.74. The number of urea groups is 1. The number of carbonyl (C=O) groups is 1. The SMILES string of the molecule is NC(=O)N1c2ccccc2C2CCNCC21. The van der Waals surface area contributed by atoms with E-state index in [4.69, 9.17) is 5.73 Å². The number of anilines is 1. The fourth-order valence-electron chi connectivity index (χ4n) is 2.96. The molecule has 2 atom stereocenters. The number of piperidine rings is 1. The molecular formula is C12H15N3O. The van der Waals surface area contributed by atoms with Gasteiger partial charge in [0.15, 0.2) is 0 Å². The van der Waals surface area contributed by atoms with E-state index in [-0.39, 0.29) is 12.1 Å². The molecule has 4 nitrogen and oxygen atoms in total. The Hall–Kier alpha value is -1.55. The van der Waals surface area contributed by atoms with Crippen molar-refractivity contribution in [3.05, 3.63) is 29.8 Å². The molecule has 2 aliphatic rings. The van der Waals surface area contributed by atoms with Crippen LogP contribution in [0.25, 0.3) is 0 Å². The highest BCUT2D eigenvalue weighted by atomic mass is 16.2. The molecule has 0 radical (unpaired) electrons. The monoisotopic (exact) mass is 217 g/mol. The molecule has 2 unspecified atom stereocenters. The molecule has 0 aromatic heterocycles. The van der Waals surface area contributed by atoms with E-state index >= 15 is 0 Å². The predicted molar refractivity (Wildman–Crippen MR) is 62.5 cm³/mol. The van der Waals surface area contributed by atoms with Crippen molar-refractivity contribution in [3.63, 3.8) is 0 Å². The zero-order valence-corrected chi connectivity index (χ0v) is 9.02. The van der Waals surface area contributed by atoms with Crippen LogP contribution in [0.5, 0.6) is 0 Å². The van der Waals surface area contributed by atoms with Crippen molar-refractivity contribution in [1.82, 2.24) is 5.32 Å². The Labute approximate surface area is 94.4 Å². The van der Waals surface area contributed by atoms with Crippen LogP contribution in [0.3, 0.4) is 0 Å². The summed E-state index contributed by atoms with van der Waals surface area (Å²) in [5.74, 6) is 0.449. The van der Waals surface area contributed by atoms with Gasteiger partial charge in [-0.3, -0.25) is 4.90 Å². The van der Waals surface area contributed by atoms with Gasteiger partial charge in [0.2, 0.25) is 0 Å². The van der Waals surface area contributed by atoms with E-state index < -0.39 is 0 Å². The maximum Gasteiger partial charge on any atom is 0.319 e. The molecule has 0 spiro atoms. The summed E-state index contributed by atoms with van der Waals surface area (Å²) in [6.45, 7) is 1.85. The number of amides is 2. The van der Waals surface area contributed by atoms with Gasteiger partial charge in [0.25, 0.3) is 0 Å². The number of rotatable bonds is 0. The number of primary amides is 1. The van der Waals surface area contributed by atoms with E-state index in [0.29, 0.717) is 5.92 Å². The lowest BCUT2D eigenvalue weighted by atomic mass is 9.89. The lowest BCUT2D eigenvalue weighted by molar-refractivity contribution is 0.250. The number of fused-ring (bicyclic) bond motifs is 3. The van der Waals surface area contributed by atoms with E-state index in [2.05, 4.69) is 11.4 Å². The first-order chi connectivity index (χ1) is 7.79. The number of nitrogens with zero attached hydrogens (tertiary/aromatic N) is 1. The fraction of sp³-hybridized carbons (Fsp3) is 0.417. The Morgan fingerprint density at radius 2 is 2.25 bits per heavy atom. The molecular weight excluding hydrogens is 202 g/mol. The Morgan fingerprint density at radius 3 is 3.06 bits per heavy atom. The van der Waals surface area contributed by atoms with Gasteiger partial charge < -0.3 is 11.1 Å². The number of hydrogen-bond acceptors (Lipinski definition) is 2. The van der Waals surface area contributed by atoms with Crippen LogP contribution in [0.1, 0.15) is 17.9 Å². The van der Waals surface area contributed by atoms with Crippen LogP contribution in [0, 0.1) is 0 Å². The van der Waals surface area contributed by atoms with Gasteiger partial charge in [-0.25, -0.2) is 4.79 Å². The fourth-order valence-corrected chi connectivity index (χ4v) is 2.96. The molecule has 1 aromatic rings. The molecule has 2 heterocycles. The van der Waals surface area contributed by atoms with Gasteiger partial charge in [-0.15, -0.1) is 0 Å². The van der Waals surface area contributed by atoms with E-state index in [9.17, 15) is 4.79 Å². The number of nitrogens with two attached hydrogens (primary N) is 1. The smallest absolute Gasteiger partial charge is 0.319 e. The minimum absolute atomic E-state index is 0.198. The van der Waals surface area contributed by atoms with Gasteiger partial charge in [0.05, 0.1) is 6.04 Å². The molecule has 3 rings (SSSR count). The lowest BCUT2D eigenvalue weighted by Gasteiger charge is -2.31. The van der Waals surface area contributed by atoms with Crippen molar-refractivity contribution in [2.75, 3.05) is 18.0 Å². The van der Waals surface area contributed by atoms with Crippen LogP contribution in [-0.2, 0) is 0 Å². The van der Waals surface area contributed by atoms with Gasteiger partial charge in [-0.05, 0) is 24.6 Å². The van der Waals surface area contributed by atoms with Gasteiger partial charge in [-0.1, -0.05) is 18.2 Å². The van der Waals surface area contributed by atoms with E-state index in [0.717, 1.165) is 25.2 Å². The van der Waals surface area contributed by atoms with Crippen molar-refractivity contribution in [1.29, 1.82) is 0 Å². The quantitative estimate of drug-likeness (QED) is 0.682. The summed E-state index contributed by atoms with van der Waals surface area (Å²) in [5, 5.41) is 3.33. The molecule has 16 heavy (non-hydrogen) atoms. The molecule has 4 heteroatoms. The van der Waals surface area contributed by atoms with Gasteiger partial charge in [-0.2, -0.15) is 0 Å². The van der Waals surface area contributed by atoms with Crippen molar-refractivity contribution >= 4 is 11.7 Å². The molecule has 84 valence electrons. The number of nitrogens with one attached hydrogen (secondary N) is 1. The molecule has 1 aromatic carbocycles. The summed E-state index contributed by atoms with van der Waals surface area (Å²) < 4.78 is 0. The minimum atomic E-state index is -0.344. The maximum atomic E-state index is 11.5. The van der Waals surface area contributed by atoms with Crippen molar-refractivity contribution < 1.29 is 4.79 Å².